The topological polar surface area (TPSA) is 84.9 Å². The molecule has 0 radical (unpaired) electrons. The number of rotatable bonds is 5. The Labute approximate surface area is 203 Å². The van der Waals surface area contributed by atoms with Gasteiger partial charge in [0.15, 0.2) is 11.5 Å². The van der Waals surface area contributed by atoms with Gasteiger partial charge in [0.05, 0.1) is 18.1 Å². The molecule has 1 saturated heterocycles. The van der Waals surface area contributed by atoms with E-state index in [-0.39, 0.29) is 16.7 Å². The van der Waals surface area contributed by atoms with E-state index in [0.29, 0.717) is 50.6 Å². The first kappa shape index (κ1) is 22.9. The van der Waals surface area contributed by atoms with Crippen molar-refractivity contribution >= 4 is 33.0 Å². The van der Waals surface area contributed by atoms with Gasteiger partial charge in [0.25, 0.3) is 0 Å². The lowest BCUT2D eigenvalue weighted by molar-refractivity contribution is -0.120. The van der Waals surface area contributed by atoms with E-state index in [9.17, 15) is 13.2 Å². The molecule has 0 spiro atoms. The van der Waals surface area contributed by atoms with Crippen molar-refractivity contribution in [1.29, 1.82) is 0 Å². The van der Waals surface area contributed by atoms with Crippen LogP contribution < -0.4 is 14.8 Å². The first-order chi connectivity index (χ1) is 16.5. The molecule has 2 aliphatic heterocycles. The van der Waals surface area contributed by atoms with Gasteiger partial charge >= 0.3 is 0 Å². The molecule has 3 heterocycles. The molecule has 178 valence electrons. The van der Waals surface area contributed by atoms with Crippen molar-refractivity contribution in [3.05, 3.63) is 60.0 Å². The molecule has 1 N–H and O–H groups in total. The summed E-state index contributed by atoms with van der Waals surface area (Å²) in [4.78, 5) is 14.3. The average molecular weight is 499 g/mol. The van der Waals surface area contributed by atoms with Crippen LogP contribution in [0.25, 0.3) is 10.4 Å². The maximum absolute atomic E-state index is 13.2. The fraction of sp³-hybridized carbons (Fsp3) is 0.320. The lowest BCUT2D eigenvalue weighted by Gasteiger charge is -2.30. The second-order valence-corrected chi connectivity index (χ2v) is 11.2. The Morgan fingerprint density at radius 3 is 2.50 bits per heavy atom. The second-order valence-electron chi connectivity index (χ2n) is 8.35. The van der Waals surface area contributed by atoms with Gasteiger partial charge in [-0.1, -0.05) is 24.3 Å². The molecule has 7 nitrogen and oxygen atoms in total. The van der Waals surface area contributed by atoms with E-state index in [4.69, 9.17) is 9.47 Å². The number of amides is 1. The highest BCUT2D eigenvalue weighted by Crippen LogP contribution is 2.35. The first-order valence-electron chi connectivity index (χ1n) is 11.4. The quantitative estimate of drug-likeness (QED) is 0.555. The predicted octanol–water partition coefficient (Wildman–Crippen LogP) is 4.62. The molecule has 5 rings (SSSR count). The molecule has 0 aliphatic carbocycles. The summed E-state index contributed by atoms with van der Waals surface area (Å²) in [5, 5.41) is 5.07. The molecular weight excluding hydrogens is 472 g/mol. The molecule has 0 unspecified atom stereocenters. The van der Waals surface area contributed by atoms with E-state index in [1.807, 2.05) is 41.8 Å². The van der Waals surface area contributed by atoms with Crippen molar-refractivity contribution in [2.24, 2.45) is 5.92 Å². The van der Waals surface area contributed by atoms with Gasteiger partial charge in [-0.3, -0.25) is 4.79 Å². The highest BCUT2D eigenvalue weighted by Gasteiger charge is 2.33. The summed E-state index contributed by atoms with van der Waals surface area (Å²) >= 11 is 1.62. The number of thiophene rings is 1. The number of hydrogen-bond donors (Lipinski definition) is 1. The summed E-state index contributed by atoms with van der Waals surface area (Å²) in [5.41, 5.74) is 1.76. The summed E-state index contributed by atoms with van der Waals surface area (Å²) in [6, 6.07) is 16.5. The minimum absolute atomic E-state index is 0.0726. The molecule has 1 aromatic heterocycles. The van der Waals surface area contributed by atoms with E-state index in [2.05, 4.69) is 5.32 Å². The molecule has 0 saturated carbocycles. The Hall–Kier alpha value is -2.88. The van der Waals surface area contributed by atoms with Crippen LogP contribution in [0.4, 0.5) is 5.69 Å². The van der Waals surface area contributed by atoms with Gasteiger partial charge in [-0.2, -0.15) is 4.31 Å². The molecular formula is C25H26N2O5S2. The van der Waals surface area contributed by atoms with Crippen molar-refractivity contribution in [3.8, 4) is 21.9 Å². The minimum atomic E-state index is -3.68. The summed E-state index contributed by atoms with van der Waals surface area (Å²) in [6.07, 6.45) is 1.69. The van der Waals surface area contributed by atoms with Gasteiger partial charge in [-0.15, -0.1) is 11.3 Å². The van der Waals surface area contributed by atoms with Gasteiger partial charge in [-0.05, 0) is 42.5 Å². The number of ether oxygens (including phenoxy) is 2. The molecule has 2 aliphatic rings. The number of sulfonamides is 1. The van der Waals surface area contributed by atoms with Crippen LogP contribution in [0.5, 0.6) is 11.5 Å². The molecule has 1 fully saturated rings. The number of fused-ring (bicyclic) bond motifs is 1. The van der Waals surface area contributed by atoms with Crippen LogP contribution in [-0.4, -0.2) is 44.9 Å². The van der Waals surface area contributed by atoms with Crippen molar-refractivity contribution in [3.63, 3.8) is 0 Å². The Kier molecular flexibility index (Phi) is 6.58. The third-order valence-electron chi connectivity index (χ3n) is 6.15. The van der Waals surface area contributed by atoms with Gasteiger partial charge < -0.3 is 14.8 Å². The Morgan fingerprint density at radius 2 is 1.74 bits per heavy atom. The van der Waals surface area contributed by atoms with Crippen molar-refractivity contribution < 1.29 is 22.7 Å². The van der Waals surface area contributed by atoms with Crippen LogP contribution in [0.3, 0.4) is 0 Å². The highest BCUT2D eigenvalue weighted by atomic mass is 32.2. The third-order valence-corrected chi connectivity index (χ3v) is 8.95. The zero-order chi connectivity index (χ0) is 23.5. The lowest BCUT2D eigenvalue weighted by atomic mass is 9.97. The van der Waals surface area contributed by atoms with Crippen LogP contribution >= 0.6 is 11.3 Å². The Bertz CT molecular complexity index is 1270. The molecule has 34 heavy (non-hydrogen) atoms. The highest BCUT2D eigenvalue weighted by molar-refractivity contribution is 7.89. The van der Waals surface area contributed by atoms with E-state index >= 15 is 0 Å². The number of benzene rings is 2. The number of para-hydroxylation sites is 1. The predicted molar refractivity (Wildman–Crippen MR) is 132 cm³/mol. The molecule has 0 atom stereocenters. The average Bonchev–Trinajstić information content (AvgIpc) is 3.29. The fourth-order valence-corrected chi connectivity index (χ4v) is 6.54. The first-order valence-corrected chi connectivity index (χ1v) is 13.7. The van der Waals surface area contributed by atoms with Crippen LogP contribution in [0.15, 0.2) is 64.9 Å². The summed E-state index contributed by atoms with van der Waals surface area (Å²) in [5.74, 6) is 0.704. The monoisotopic (exact) mass is 498 g/mol. The molecule has 1 amide bonds. The lowest BCUT2D eigenvalue weighted by Crippen LogP contribution is -2.41. The summed E-state index contributed by atoms with van der Waals surface area (Å²) < 4.78 is 39.2. The van der Waals surface area contributed by atoms with Gasteiger partial charge in [0.1, 0.15) is 0 Å². The smallest absolute Gasteiger partial charge is 0.243 e. The Balaban J connectivity index is 1.25. The summed E-state index contributed by atoms with van der Waals surface area (Å²) in [7, 11) is -3.68. The third kappa shape index (κ3) is 4.68. The molecule has 0 bridgehead atoms. The fourth-order valence-electron chi connectivity index (χ4n) is 4.29. The van der Waals surface area contributed by atoms with Gasteiger partial charge in [0.2, 0.25) is 15.9 Å². The van der Waals surface area contributed by atoms with Crippen molar-refractivity contribution in [2.75, 3.05) is 31.6 Å². The summed E-state index contributed by atoms with van der Waals surface area (Å²) in [6.45, 7) is 1.63. The number of piperidine rings is 1. The second kappa shape index (κ2) is 9.77. The number of anilines is 1. The molecule has 2 aromatic carbocycles. The maximum Gasteiger partial charge on any atom is 0.243 e. The standard InChI is InChI=1S/C25H26N2O5S2/c28-25(26-21-6-2-1-5-20(21)24-7-3-16-33-24)18-10-12-27(13-11-18)34(29,30)19-8-9-22-23(17-19)32-15-4-14-31-22/h1-3,5-9,16-18H,4,10-15H2,(H,26,28). The largest absolute Gasteiger partial charge is 0.490 e. The van der Waals surface area contributed by atoms with Gasteiger partial charge in [0, 0.05) is 47.6 Å². The zero-order valence-corrected chi connectivity index (χ0v) is 20.2. The van der Waals surface area contributed by atoms with Gasteiger partial charge in [-0.25, -0.2) is 8.42 Å². The minimum Gasteiger partial charge on any atom is -0.490 e. The van der Waals surface area contributed by atoms with E-state index in [1.54, 1.807) is 23.5 Å². The van der Waals surface area contributed by atoms with E-state index < -0.39 is 10.0 Å². The van der Waals surface area contributed by atoms with Crippen molar-refractivity contribution in [2.45, 2.75) is 24.2 Å². The van der Waals surface area contributed by atoms with Crippen molar-refractivity contribution in [1.82, 2.24) is 4.31 Å². The van der Waals surface area contributed by atoms with Crippen LogP contribution in [0.2, 0.25) is 0 Å². The van der Waals surface area contributed by atoms with E-state index in [0.717, 1.165) is 22.5 Å². The Morgan fingerprint density at radius 1 is 0.971 bits per heavy atom. The SMILES string of the molecule is O=C(Nc1ccccc1-c1cccs1)C1CCN(S(=O)(=O)c2ccc3c(c2)OCCCO3)CC1. The number of carbonyl (C=O) groups excluding carboxylic acids is 1. The number of nitrogens with one attached hydrogen (secondary N) is 1. The number of hydrogen-bond acceptors (Lipinski definition) is 6. The van der Waals surface area contributed by atoms with Crippen LogP contribution in [0.1, 0.15) is 19.3 Å². The maximum atomic E-state index is 13.2. The molecule has 3 aromatic rings. The number of carbonyl (C=O) groups is 1. The van der Waals surface area contributed by atoms with Crippen LogP contribution in [-0.2, 0) is 14.8 Å². The van der Waals surface area contributed by atoms with Crippen LogP contribution in [0, 0.1) is 5.92 Å². The molecule has 9 heteroatoms. The number of nitrogens with zero attached hydrogens (tertiary/aromatic N) is 1. The zero-order valence-electron chi connectivity index (χ0n) is 18.6. The normalized spacial score (nSPS) is 17.2. The van der Waals surface area contributed by atoms with E-state index in [1.165, 1.54) is 10.4 Å².